The minimum absolute atomic E-state index is 0.200. The summed E-state index contributed by atoms with van der Waals surface area (Å²) in [5, 5.41) is 9.48. The van der Waals surface area contributed by atoms with E-state index in [1.165, 1.54) is 0 Å². The van der Waals surface area contributed by atoms with Gasteiger partial charge in [0.2, 0.25) is 10.0 Å². The molecule has 0 heterocycles. The van der Waals surface area contributed by atoms with Crippen molar-refractivity contribution in [3.05, 3.63) is 65.7 Å². The molecule has 22 heavy (non-hydrogen) atoms. The van der Waals surface area contributed by atoms with Gasteiger partial charge in [-0.2, -0.15) is 0 Å². The molecule has 2 N–H and O–H groups in total. The molecule has 0 saturated heterocycles. The van der Waals surface area contributed by atoms with Crippen LogP contribution >= 0.6 is 0 Å². The van der Waals surface area contributed by atoms with Crippen molar-refractivity contribution in [1.82, 2.24) is 4.72 Å². The fourth-order valence-electron chi connectivity index (χ4n) is 2.18. The van der Waals surface area contributed by atoms with Gasteiger partial charge < -0.3 is 5.11 Å². The molecule has 0 unspecified atom stereocenters. The molecule has 0 bridgehead atoms. The molecule has 0 aliphatic heterocycles. The molecular weight excluding hydrogens is 298 g/mol. The largest absolute Gasteiger partial charge is 0.394 e. The summed E-state index contributed by atoms with van der Waals surface area (Å²) in [4.78, 5) is 0.200. The third-order valence-corrected chi connectivity index (χ3v) is 5.03. The van der Waals surface area contributed by atoms with Crippen molar-refractivity contribution in [3.8, 4) is 0 Å². The number of aliphatic hydroxyl groups is 1. The molecule has 2 rings (SSSR count). The summed E-state index contributed by atoms with van der Waals surface area (Å²) in [6, 6.07) is 15.2. The molecule has 0 spiro atoms. The van der Waals surface area contributed by atoms with Crippen LogP contribution in [0.2, 0.25) is 0 Å². The second kappa shape index (κ2) is 7.05. The number of nitrogens with one attached hydrogen (secondary N) is 1. The number of sulfonamides is 1. The van der Waals surface area contributed by atoms with Crippen LogP contribution in [0.15, 0.2) is 59.5 Å². The molecule has 5 heteroatoms. The maximum Gasteiger partial charge on any atom is 0.241 e. The lowest BCUT2D eigenvalue weighted by molar-refractivity contribution is 0.259. The zero-order valence-corrected chi connectivity index (χ0v) is 13.5. The van der Waals surface area contributed by atoms with Gasteiger partial charge in [-0.1, -0.05) is 56.3 Å². The van der Waals surface area contributed by atoms with E-state index in [0.717, 1.165) is 11.1 Å². The summed E-state index contributed by atoms with van der Waals surface area (Å²) in [6.45, 7) is 3.81. The maximum atomic E-state index is 12.4. The Balaban J connectivity index is 2.22. The van der Waals surface area contributed by atoms with Crippen molar-refractivity contribution in [2.75, 3.05) is 6.61 Å². The number of hydrogen-bond acceptors (Lipinski definition) is 3. The zero-order valence-electron chi connectivity index (χ0n) is 12.7. The summed E-state index contributed by atoms with van der Waals surface area (Å²) >= 11 is 0. The topological polar surface area (TPSA) is 66.4 Å². The molecular formula is C17H21NO3S. The van der Waals surface area contributed by atoms with E-state index in [9.17, 15) is 13.5 Å². The summed E-state index contributed by atoms with van der Waals surface area (Å²) < 4.78 is 27.4. The Bertz CT molecular complexity index is 694. The number of aliphatic hydroxyl groups excluding tert-OH is 1. The first-order chi connectivity index (χ1) is 10.4. The van der Waals surface area contributed by atoms with Crippen molar-refractivity contribution in [2.24, 2.45) is 0 Å². The molecule has 2 aromatic carbocycles. The average molecular weight is 319 g/mol. The molecule has 4 nitrogen and oxygen atoms in total. The maximum absolute atomic E-state index is 12.4. The lowest BCUT2D eigenvalue weighted by Crippen LogP contribution is -2.30. The van der Waals surface area contributed by atoms with E-state index in [4.69, 9.17) is 0 Å². The molecule has 0 aromatic heterocycles. The summed E-state index contributed by atoms with van der Waals surface area (Å²) in [5.74, 6) is 0.347. The third-order valence-electron chi connectivity index (χ3n) is 3.54. The molecule has 2 aromatic rings. The van der Waals surface area contributed by atoms with Gasteiger partial charge in [0.25, 0.3) is 0 Å². The van der Waals surface area contributed by atoms with Gasteiger partial charge in [0, 0.05) is 0 Å². The van der Waals surface area contributed by atoms with Gasteiger partial charge in [-0.3, -0.25) is 0 Å². The Morgan fingerprint density at radius 2 is 1.55 bits per heavy atom. The highest BCUT2D eigenvalue weighted by Crippen LogP contribution is 2.20. The Morgan fingerprint density at radius 1 is 0.955 bits per heavy atom. The van der Waals surface area contributed by atoms with E-state index in [2.05, 4.69) is 18.6 Å². The van der Waals surface area contributed by atoms with Crippen molar-refractivity contribution in [3.63, 3.8) is 0 Å². The first-order valence-corrected chi connectivity index (χ1v) is 8.70. The van der Waals surface area contributed by atoms with E-state index in [1.54, 1.807) is 24.3 Å². The van der Waals surface area contributed by atoms with Crippen LogP contribution in [0.25, 0.3) is 0 Å². The standard InChI is InChI=1S/C17H21NO3S/c1-13(2)14-8-10-16(11-9-14)22(20,21)18-17(12-19)15-6-4-3-5-7-15/h3-11,13,17-19H,12H2,1-2H3/t17-/m0/s1. The first-order valence-electron chi connectivity index (χ1n) is 7.22. The highest BCUT2D eigenvalue weighted by molar-refractivity contribution is 7.89. The quantitative estimate of drug-likeness (QED) is 0.860. The second-order valence-corrected chi connectivity index (χ2v) is 7.20. The van der Waals surface area contributed by atoms with Crippen LogP contribution in [-0.4, -0.2) is 20.1 Å². The third kappa shape index (κ3) is 3.94. The molecule has 0 aliphatic carbocycles. The highest BCUT2D eigenvalue weighted by Gasteiger charge is 2.20. The van der Waals surface area contributed by atoms with Gasteiger partial charge in [0.15, 0.2) is 0 Å². The van der Waals surface area contributed by atoms with Crippen molar-refractivity contribution < 1.29 is 13.5 Å². The lowest BCUT2D eigenvalue weighted by atomic mass is 10.0. The van der Waals surface area contributed by atoms with E-state index >= 15 is 0 Å². The van der Waals surface area contributed by atoms with E-state index < -0.39 is 16.1 Å². The predicted octanol–water partition coefficient (Wildman–Crippen LogP) is 2.82. The van der Waals surface area contributed by atoms with Gasteiger partial charge in [0.05, 0.1) is 17.5 Å². The number of benzene rings is 2. The van der Waals surface area contributed by atoms with Crippen LogP contribution in [0.1, 0.15) is 36.9 Å². The van der Waals surface area contributed by atoms with Crippen molar-refractivity contribution in [2.45, 2.75) is 30.7 Å². The van der Waals surface area contributed by atoms with Gasteiger partial charge in [-0.05, 0) is 29.2 Å². The molecule has 0 aliphatic rings. The van der Waals surface area contributed by atoms with E-state index in [0.29, 0.717) is 5.92 Å². The van der Waals surface area contributed by atoms with Gasteiger partial charge >= 0.3 is 0 Å². The fourth-order valence-corrected chi connectivity index (χ4v) is 3.40. The Labute approximate surface area is 131 Å². The van der Waals surface area contributed by atoms with E-state index in [-0.39, 0.29) is 11.5 Å². The molecule has 0 radical (unpaired) electrons. The average Bonchev–Trinajstić information content (AvgIpc) is 2.53. The van der Waals surface area contributed by atoms with Gasteiger partial charge in [-0.25, -0.2) is 13.1 Å². The Hall–Kier alpha value is -1.69. The molecule has 1 atom stereocenters. The van der Waals surface area contributed by atoms with Crippen LogP contribution in [0.3, 0.4) is 0 Å². The van der Waals surface area contributed by atoms with Crippen LogP contribution in [0, 0.1) is 0 Å². The molecule has 0 amide bonds. The Kier molecular flexibility index (Phi) is 5.34. The smallest absolute Gasteiger partial charge is 0.241 e. The van der Waals surface area contributed by atoms with E-state index in [1.807, 2.05) is 30.3 Å². The normalized spacial score (nSPS) is 13.3. The van der Waals surface area contributed by atoms with Crippen LogP contribution in [0.4, 0.5) is 0 Å². The van der Waals surface area contributed by atoms with Crippen molar-refractivity contribution >= 4 is 10.0 Å². The monoisotopic (exact) mass is 319 g/mol. The molecule has 0 fully saturated rings. The number of rotatable bonds is 6. The summed E-state index contributed by atoms with van der Waals surface area (Å²) in [6.07, 6.45) is 0. The van der Waals surface area contributed by atoms with Crippen LogP contribution in [0.5, 0.6) is 0 Å². The van der Waals surface area contributed by atoms with Gasteiger partial charge in [0.1, 0.15) is 0 Å². The summed E-state index contributed by atoms with van der Waals surface area (Å²) in [7, 11) is -3.67. The minimum Gasteiger partial charge on any atom is -0.394 e. The second-order valence-electron chi connectivity index (χ2n) is 5.49. The predicted molar refractivity (Wildman–Crippen MR) is 87.1 cm³/mol. The highest BCUT2D eigenvalue weighted by atomic mass is 32.2. The molecule has 0 saturated carbocycles. The fraction of sp³-hybridized carbons (Fsp3) is 0.294. The zero-order chi connectivity index (χ0) is 16.2. The first kappa shape index (κ1) is 16.7. The van der Waals surface area contributed by atoms with Crippen molar-refractivity contribution in [1.29, 1.82) is 0 Å². The minimum atomic E-state index is -3.67. The van der Waals surface area contributed by atoms with Gasteiger partial charge in [-0.15, -0.1) is 0 Å². The number of hydrogen-bond donors (Lipinski definition) is 2. The Morgan fingerprint density at radius 3 is 2.05 bits per heavy atom. The van der Waals surface area contributed by atoms with Crippen LogP contribution < -0.4 is 4.72 Å². The lowest BCUT2D eigenvalue weighted by Gasteiger charge is -2.17. The SMILES string of the molecule is CC(C)c1ccc(S(=O)(=O)N[C@@H](CO)c2ccccc2)cc1. The van der Waals surface area contributed by atoms with Crippen LogP contribution in [-0.2, 0) is 10.0 Å². The molecule has 118 valence electrons. The summed E-state index contributed by atoms with van der Waals surface area (Å²) in [5.41, 5.74) is 1.81.